The van der Waals surface area contributed by atoms with E-state index in [9.17, 15) is 4.79 Å². The van der Waals surface area contributed by atoms with Gasteiger partial charge in [-0.25, -0.2) is 4.68 Å². The Balaban J connectivity index is 1.50. The van der Waals surface area contributed by atoms with Crippen LogP contribution in [0.2, 0.25) is 0 Å². The van der Waals surface area contributed by atoms with Crippen LogP contribution in [-0.4, -0.2) is 33.2 Å². The molecule has 1 saturated heterocycles. The minimum absolute atomic E-state index is 0.0371. The van der Waals surface area contributed by atoms with Gasteiger partial charge in [-0.2, -0.15) is 5.10 Å². The molecule has 2 atom stereocenters. The zero-order valence-corrected chi connectivity index (χ0v) is 19.6. The summed E-state index contributed by atoms with van der Waals surface area (Å²) in [6.07, 6.45) is 4.81. The van der Waals surface area contributed by atoms with Crippen molar-refractivity contribution in [1.82, 2.24) is 14.7 Å². The normalized spacial score (nSPS) is 18.2. The molecule has 5 rings (SSSR count). The van der Waals surface area contributed by atoms with Gasteiger partial charge in [-0.1, -0.05) is 28.1 Å². The number of carbonyl (C=O) groups is 1. The molecule has 1 fully saturated rings. The van der Waals surface area contributed by atoms with E-state index in [2.05, 4.69) is 15.9 Å². The van der Waals surface area contributed by atoms with E-state index in [4.69, 9.17) is 20.0 Å². The highest BCUT2D eigenvalue weighted by Crippen LogP contribution is 2.37. The molecular weight excluding hydrogens is 484 g/mol. The van der Waals surface area contributed by atoms with Gasteiger partial charge in [0, 0.05) is 34.0 Å². The number of amides is 1. The first-order valence-electron chi connectivity index (χ1n) is 10.7. The number of furan rings is 1. The van der Waals surface area contributed by atoms with Crippen LogP contribution in [0, 0.1) is 0 Å². The van der Waals surface area contributed by atoms with Crippen LogP contribution in [0.25, 0.3) is 16.9 Å². The van der Waals surface area contributed by atoms with Crippen molar-refractivity contribution in [2.75, 3.05) is 12.3 Å². The molecule has 7 nitrogen and oxygen atoms in total. The molecule has 2 unspecified atom stereocenters. The molecule has 2 N–H and O–H groups in total. The number of halogens is 1. The summed E-state index contributed by atoms with van der Waals surface area (Å²) < 4.78 is 14.3. The standard InChI is InChI=1S/C25H23BrN4O3/c1-16-24(31)29(12-10-17-2-6-20(27)7-3-17)25(33-16)22-14-30(21-8-4-19(26)5-9-21)28-23(22)18-11-13-32-15-18/h2-9,11,13-16,25H,10,12,27H2,1H3. The SMILES string of the molecule is CC1OC(c2cn(-c3ccc(Br)cc3)nc2-c2ccoc2)N(CCc2ccc(N)cc2)C1=O. The fourth-order valence-electron chi connectivity index (χ4n) is 3.99. The Bertz CT molecular complexity index is 1250. The fourth-order valence-corrected chi connectivity index (χ4v) is 4.26. The monoisotopic (exact) mass is 506 g/mol. The molecule has 168 valence electrons. The smallest absolute Gasteiger partial charge is 0.253 e. The molecule has 33 heavy (non-hydrogen) atoms. The molecule has 0 bridgehead atoms. The van der Waals surface area contributed by atoms with E-state index in [1.165, 1.54) is 0 Å². The summed E-state index contributed by atoms with van der Waals surface area (Å²) in [5.74, 6) is -0.0371. The molecule has 1 aliphatic heterocycles. The summed E-state index contributed by atoms with van der Waals surface area (Å²) in [4.78, 5) is 14.8. The van der Waals surface area contributed by atoms with Gasteiger partial charge < -0.3 is 19.8 Å². The van der Waals surface area contributed by atoms with Crippen LogP contribution >= 0.6 is 15.9 Å². The van der Waals surface area contributed by atoms with Gasteiger partial charge in [-0.3, -0.25) is 4.79 Å². The Labute approximate surface area is 199 Å². The highest BCUT2D eigenvalue weighted by atomic mass is 79.9. The number of nitrogen functional groups attached to an aromatic ring is 1. The maximum atomic E-state index is 13.0. The number of ether oxygens (including phenoxy) is 1. The van der Waals surface area contributed by atoms with Crippen molar-refractivity contribution in [3.05, 3.63) is 88.9 Å². The molecule has 1 amide bonds. The summed E-state index contributed by atoms with van der Waals surface area (Å²) in [7, 11) is 0. The maximum Gasteiger partial charge on any atom is 0.253 e. The van der Waals surface area contributed by atoms with E-state index >= 15 is 0 Å². The first kappa shape index (κ1) is 21.5. The number of hydrogen-bond donors (Lipinski definition) is 1. The zero-order chi connectivity index (χ0) is 22.9. The van der Waals surface area contributed by atoms with Crippen LogP contribution < -0.4 is 5.73 Å². The summed E-state index contributed by atoms with van der Waals surface area (Å²) in [6, 6.07) is 17.4. The van der Waals surface area contributed by atoms with Gasteiger partial charge in [0.05, 0.1) is 18.2 Å². The molecular formula is C25H23BrN4O3. The van der Waals surface area contributed by atoms with Crippen molar-refractivity contribution in [3.8, 4) is 16.9 Å². The van der Waals surface area contributed by atoms with Crippen molar-refractivity contribution < 1.29 is 13.9 Å². The highest BCUT2D eigenvalue weighted by Gasteiger charge is 2.40. The molecule has 4 aromatic rings. The molecule has 1 aliphatic rings. The second kappa shape index (κ2) is 8.88. The molecule has 8 heteroatoms. The third-order valence-corrected chi connectivity index (χ3v) is 6.29. The largest absolute Gasteiger partial charge is 0.472 e. The molecule has 0 radical (unpaired) electrons. The number of nitrogens with zero attached hydrogens (tertiary/aromatic N) is 3. The second-order valence-corrected chi connectivity index (χ2v) is 8.94. The van der Waals surface area contributed by atoms with E-state index in [-0.39, 0.29) is 5.91 Å². The van der Waals surface area contributed by atoms with Gasteiger partial charge in [-0.15, -0.1) is 0 Å². The van der Waals surface area contributed by atoms with Crippen molar-refractivity contribution in [2.24, 2.45) is 0 Å². The number of anilines is 1. The average Bonchev–Trinajstić information content (AvgIpc) is 3.54. The Hall–Kier alpha value is -3.36. The number of hydrogen-bond acceptors (Lipinski definition) is 5. The number of aromatic nitrogens is 2. The van der Waals surface area contributed by atoms with Crippen LogP contribution in [0.5, 0.6) is 0 Å². The lowest BCUT2D eigenvalue weighted by Crippen LogP contribution is -2.32. The van der Waals surface area contributed by atoms with E-state index in [1.54, 1.807) is 29.0 Å². The van der Waals surface area contributed by atoms with E-state index in [0.717, 1.165) is 38.2 Å². The first-order valence-corrected chi connectivity index (χ1v) is 11.5. The maximum absolute atomic E-state index is 13.0. The lowest BCUT2D eigenvalue weighted by atomic mass is 10.1. The lowest BCUT2D eigenvalue weighted by Gasteiger charge is -2.23. The Morgan fingerprint density at radius 2 is 1.85 bits per heavy atom. The van der Waals surface area contributed by atoms with Gasteiger partial charge in [0.2, 0.25) is 0 Å². The second-order valence-electron chi connectivity index (χ2n) is 8.02. The predicted molar refractivity (Wildman–Crippen MR) is 129 cm³/mol. The van der Waals surface area contributed by atoms with Gasteiger partial charge >= 0.3 is 0 Å². The van der Waals surface area contributed by atoms with Crippen molar-refractivity contribution in [3.63, 3.8) is 0 Å². The van der Waals surface area contributed by atoms with Crippen LogP contribution in [0.4, 0.5) is 5.69 Å². The number of benzene rings is 2. The van der Waals surface area contributed by atoms with E-state index in [0.29, 0.717) is 13.0 Å². The number of nitrogens with two attached hydrogens (primary N) is 1. The van der Waals surface area contributed by atoms with E-state index < -0.39 is 12.3 Å². The minimum atomic E-state index is -0.546. The highest BCUT2D eigenvalue weighted by molar-refractivity contribution is 9.10. The Morgan fingerprint density at radius 3 is 2.55 bits per heavy atom. The molecule has 0 aliphatic carbocycles. The Kier molecular flexibility index (Phi) is 5.78. The average molecular weight is 507 g/mol. The summed E-state index contributed by atoms with van der Waals surface area (Å²) in [6.45, 7) is 2.31. The van der Waals surface area contributed by atoms with Gasteiger partial charge in [0.1, 0.15) is 11.8 Å². The summed E-state index contributed by atoms with van der Waals surface area (Å²) in [5.41, 5.74) is 10.9. The van der Waals surface area contributed by atoms with Crippen molar-refractivity contribution in [2.45, 2.75) is 25.7 Å². The topological polar surface area (TPSA) is 86.5 Å². The van der Waals surface area contributed by atoms with Crippen LogP contribution in [0.1, 0.15) is 24.3 Å². The van der Waals surface area contributed by atoms with Gasteiger partial charge in [0.15, 0.2) is 6.23 Å². The Morgan fingerprint density at radius 1 is 1.09 bits per heavy atom. The molecule has 0 spiro atoms. The number of rotatable bonds is 6. The zero-order valence-electron chi connectivity index (χ0n) is 18.0. The summed E-state index contributed by atoms with van der Waals surface area (Å²) >= 11 is 3.47. The molecule has 0 saturated carbocycles. The molecule has 3 heterocycles. The van der Waals surface area contributed by atoms with Crippen molar-refractivity contribution in [1.29, 1.82) is 0 Å². The molecule has 2 aromatic heterocycles. The fraction of sp³-hybridized carbons (Fsp3) is 0.200. The minimum Gasteiger partial charge on any atom is -0.472 e. The predicted octanol–water partition coefficient (Wildman–Crippen LogP) is 4.97. The third-order valence-electron chi connectivity index (χ3n) is 5.76. The molecule has 2 aromatic carbocycles. The lowest BCUT2D eigenvalue weighted by molar-refractivity contribution is -0.130. The van der Waals surface area contributed by atoms with Crippen LogP contribution in [0.15, 0.2) is 82.2 Å². The van der Waals surface area contributed by atoms with Crippen LogP contribution in [0.3, 0.4) is 0 Å². The number of carbonyl (C=O) groups excluding carboxylic acids is 1. The third kappa shape index (κ3) is 4.31. The first-order chi connectivity index (χ1) is 16.0. The van der Waals surface area contributed by atoms with Crippen molar-refractivity contribution >= 4 is 27.5 Å². The van der Waals surface area contributed by atoms with E-state index in [1.807, 2.05) is 60.8 Å². The van der Waals surface area contributed by atoms with Gasteiger partial charge in [-0.05, 0) is 61.4 Å². The van der Waals surface area contributed by atoms with Crippen LogP contribution in [-0.2, 0) is 16.0 Å². The van der Waals surface area contributed by atoms with Gasteiger partial charge in [0.25, 0.3) is 5.91 Å². The summed E-state index contributed by atoms with van der Waals surface area (Å²) in [5, 5.41) is 4.82. The quantitative estimate of drug-likeness (QED) is 0.373.